The summed E-state index contributed by atoms with van der Waals surface area (Å²) in [5, 5.41) is 14.3. The molecule has 2 heterocycles. The van der Waals surface area contributed by atoms with Gasteiger partial charge in [-0.25, -0.2) is 4.98 Å². The van der Waals surface area contributed by atoms with Crippen LogP contribution >= 0.6 is 0 Å². The van der Waals surface area contributed by atoms with E-state index in [1.165, 1.54) is 4.90 Å². The molecule has 0 fully saturated rings. The maximum atomic E-state index is 12.6. The van der Waals surface area contributed by atoms with Crippen LogP contribution < -0.4 is 5.32 Å². The number of para-hydroxylation sites is 1. The van der Waals surface area contributed by atoms with Crippen molar-refractivity contribution in [2.45, 2.75) is 59.5 Å². The zero-order valence-corrected chi connectivity index (χ0v) is 22.6. The van der Waals surface area contributed by atoms with E-state index in [0.29, 0.717) is 43.2 Å². The number of amides is 2. The van der Waals surface area contributed by atoms with E-state index in [0.717, 1.165) is 16.7 Å². The van der Waals surface area contributed by atoms with Gasteiger partial charge in [0.1, 0.15) is 18.9 Å². The minimum absolute atomic E-state index is 0.175. The number of hydrogen-bond donors (Lipinski definition) is 2. The smallest absolute Gasteiger partial charge is 0.251 e. The molecule has 1 aromatic carbocycles. The van der Waals surface area contributed by atoms with E-state index < -0.39 is 11.5 Å². The van der Waals surface area contributed by atoms with Crippen LogP contribution in [0.15, 0.2) is 29.3 Å². The Kier molecular flexibility index (Phi) is 11.0. The lowest BCUT2D eigenvalue weighted by molar-refractivity contribution is -0.136. The van der Waals surface area contributed by atoms with E-state index in [-0.39, 0.29) is 25.0 Å². The van der Waals surface area contributed by atoms with Crippen LogP contribution in [0.5, 0.6) is 0 Å². The summed E-state index contributed by atoms with van der Waals surface area (Å²) < 4.78 is 11.0. The number of aliphatic imine (C=N–C) groups is 1. The zero-order valence-electron chi connectivity index (χ0n) is 22.6. The molecule has 0 aliphatic carbocycles. The summed E-state index contributed by atoms with van der Waals surface area (Å²) in [6.45, 7) is 12.3. The summed E-state index contributed by atoms with van der Waals surface area (Å²) in [6.07, 6.45) is 0.448. The second-order valence-corrected chi connectivity index (χ2v) is 9.00. The molecule has 1 aromatic heterocycles. The van der Waals surface area contributed by atoms with Gasteiger partial charge in [-0.15, -0.1) is 0 Å². The molecule has 0 spiro atoms. The van der Waals surface area contributed by atoms with Crippen molar-refractivity contribution in [3.63, 3.8) is 0 Å². The number of nitrogens with one attached hydrogen (secondary N) is 1. The molecule has 1 unspecified atom stereocenters. The number of likely N-dealkylation sites (N-methyl/N-ethyl adjacent to an activating group) is 1. The van der Waals surface area contributed by atoms with Gasteiger partial charge in [0.05, 0.1) is 23.4 Å². The normalized spacial score (nSPS) is 14.6. The number of pyridine rings is 1. The minimum Gasteiger partial charge on any atom is -0.390 e. The van der Waals surface area contributed by atoms with Gasteiger partial charge >= 0.3 is 0 Å². The summed E-state index contributed by atoms with van der Waals surface area (Å²) in [7, 11) is 1.68. The van der Waals surface area contributed by atoms with Crippen molar-refractivity contribution in [3.8, 4) is 0 Å². The Bertz CT molecular complexity index is 1080. The van der Waals surface area contributed by atoms with Gasteiger partial charge in [-0.3, -0.25) is 14.6 Å². The second-order valence-electron chi connectivity index (χ2n) is 9.00. The van der Waals surface area contributed by atoms with Gasteiger partial charge in [0.25, 0.3) is 5.91 Å². The summed E-state index contributed by atoms with van der Waals surface area (Å²) in [6, 6.07) is 7.67. The molecule has 3 rings (SSSR count). The Morgan fingerprint density at radius 1 is 1.14 bits per heavy atom. The fraction of sp³-hybridized carbons (Fsp3) is 0.556. The van der Waals surface area contributed by atoms with Crippen molar-refractivity contribution in [2.24, 2.45) is 4.99 Å². The summed E-state index contributed by atoms with van der Waals surface area (Å²) in [4.78, 5) is 35.5. The standard InChI is InChI=1S/C25H34N4O5.C2H6/c1-6-29(5)21(31)15-34-14-20(30)28-24-23-22(16-10-8-9-11-18(16)27-24)17(12-25(3,4)32)19(26-23)13-33-7-2;1-2/h8-11,17,32H,6-7,12-15H2,1-5H3,(H,27,28,30);1-2H3. The van der Waals surface area contributed by atoms with Crippen LogP contribution in [0, 0.1) is 0 Å². The zero-order chi connectivity index (χ0) is 26.9. The summed E-state index contributed by atoms with van der Waals surface area (Å²) >= 11 is 0. The molecule has 0 bridgehead atoms. The molecule has 0 saturated heterocycles. The number of rotatable bonds is 11. The lowest BCUT2D eigenvalue weighted by Gasteiger charge is -2.24. The van der Waals surface area contributed by atoms with Gasteiger partial charge < -0.3 is 24.8 Å². The van der Waals surface area contributed by atoms with E-state index in [4.69, 9.17) is 14.5 Å². The third kappa shape index (κ3) is 7.56. The first-order chi connectivity index (χ1) is 17.1. The van der Waals surface area contributed by atoms with Crippen molar-refractivity contribution in [2.75, 3.05) is 45.3 Å². The molecule has 0 radical (unpaired) electrons. The van der Waals surface area contributed by atoms with Crippen LogP contribution in [-0.2, 0) is 19.1 Å². The lowest BCUT2D eigenvalue weighted by atomic mass is 9.84. The van der Waals surface area contributed by atoms with Gasteiger partial charge in [0.2, 0.25) is 5.91 Å². The van der Waals surface area contributed by atoms with Crippen LogP contribution in [0.3, 0.4) is 0 Å². The third-order valence-electron chi connectivity index (χ3n) is 5.69. The van der Waals surface area contributed by atoms with Crippen molar-refractivity contribution >= 4 is 39.9 Å². The SMILES string of the molecule is CC.CCOCC1=Nc2c(NC(=O)COCC(=O)N(C)CC)nc3ccccc3c2C1CC(C)(C)O. The van der Waals surface area contributed by atoms with Crippen molar-refractivity contribution in [1.82, 2.24) is 9.88 Å². The Morgan fingerprint density at radius 3 is 2.47 bits per heavy atom. The molecule has 198 valence electrons. The highest BCUT2D eigenvalue weighted by Gasteiger charge is 2.35. The minimum atomic E-state index is -0.931. The Morgan fingerprint density at radius 2 is 1.83 bits per heavy atom. The molecule has 0 saturated carbocycles. The molecule has 36 heavy (non-hydrogen) atoms. The number of aromatic nitrogens is 1. The average Bonchev–Trinajstić information content (AvgIpc) is 3.20. The number of carbonyl (C=O) groups excluding carboxylic acids is 2. The predicted octanol–water partition coefficient (Wildman–Crippen LogP) is 4.06. The molecule has 1 atom stereocenters. The van der Waals surface area contributed by atoms with Crippen molar-refractivity contribution in [1.29, 1.82) is 0 Å². The molecule has 1 aliphatic rings. The highest BCUT2D eigenvalue weighted by Crippen LogP contribution is 2.46. The number of aliphatic hydroxyl groups is 1. The molecule has 2 aromatic rings. The van der Waals surface area contributed by atoms with E-state index >= 15 is 0 Å². The largest absolute Gasteiger partial charge is 0.390 e. The Hall–Kier alpha value is -2.88. The number of fused-ring (bicyclic) bond motifs is 3. The lowest BCUT2D eigenvalue weighted by Crippen LogP contribution is -2.31. The summed E-state index contributed by atoms with van der Waals surface area (Å²) in [5.74, 6) is -0.473. The van der Waals surface area contributed by atoms with E-state index in [1.807, 2.05) is 52.0 Å². The number of hydrogen-bond acceptors (Lipinski definition) is 7. The number of nitrogens with zero attached hydrogens (tertiary/aromatic N) is 3. The van der Waals surface area contributed by atoms with Gasteiger partial charge in [-0.05, 0) is 45.7 Å². The fourth-order valence-corrected chi connectivity index (χ4v) is 3.91. The molecule has 9 nitrogen and oxygen atoms in total. The van der Waals surface area contributed by atoms with E-state index in [1.54, 1.807) is 20.9 Å². The van der Waals surface area contributed by atoms with Gasteiger partial charge in [0, 0.05) is 31.5 Å². The second kappa shape index (κ2) is 13.4. The van der Waals surface area contributed by atoms with Gasteiger partial charge in [0.15, 0.2) is 5.82 Å². The quantitative estimate of drug-likeness (QED) is 0.481. The van der Waals surface area contributed by atoms with E-state index in [9.17, 15) is 14.7 Å². The van der Waals surface area contributed by atoms with Crippen LogP contribution in [0.2, 0.25) is 0 Å². The average molecular weight is 501 g/mol. The molecular weight excluding hydrogens is 460 g/mol. The summed E-state index contributed by atoms with van der Waals surface area (Å²) in [5.41, 5.74) is 2.05. The molecule has 2 amide bonds. The highest BCUT2D eigenvalue weighted by atomic mass is 16.5. The van der Waals surface area contributed by atoms with Gasteiger partial charge in [-0.1, -0.05) is 32.0 Å². The molecule has 1 aliphatic heterocycles. The number of carbonyl (C=O) groups is 2. The Balaban J connectivity index is 0.00000222. The topological polar surface area (TPSA) is 113 Å². The molecule has 2 N–H and O–H groups in total. The highest BCUT2D eigenvalue weighted by molar-refractivity contribution is 6.08. The van der Waals surface area contributed by atoms with Gasteiger partial charge in [-0.2, -0.15) is 0 Å². The molecular formula is C27H40N4O5. The molecule has 9 heteroatoms. The first-order valence-corrected chi connectivity index (χ1v) is 12.6. The maximum absolute atomic E-state index is 12.6. The van der Waals surface area contributed by atoms with Crippen LogP contribution in [0.1, 0.15) is 59.4 Å². The maximum Gasteiger partial charge on any atom is 0.251 e. The number of benzene rings is 1. The van der Waals surface area contributed by atoms with Crippen molar-refractivity contribution < 1.29 is 24.2 Å². The van der Waals surface area contributed by atoms with Crippen LogP contribution in [0.4, 0.5) is 11.5 Å². The number of anilines is 1. The first kappa shape index (κ1) is 29.4. The number of ether oxygens (including phenoxy) is 2. The van der Waals surface area contributed by atoms with Crippen LogP contribution in [-0.4, -0.2) is 78.1 Å². The third-order valence-corrected chi connectivity index (χ3v) is 5.69. The monoisotopic (exact) mass is 500 g/mol. The fourth-order valence-electron chi connectivity index (χ4n) is 3.91. The first-order valence-electron chi connectivity index (χ1n) is 12.6. The van der Waals surface area contributed by atoms with Crippen LogP contribution in [0.25, 0.3) is 10.9 Å². The predicted molar refractivity (Wildman–Crippen MR) is 143 cm³/mol. The Labute approximate surface area is 213 Å². The van der Waals surface area contributed by atoms with Crippen molar-refractivity contribution in [3.05, 3.63) is 29.8 Å². The van der Waals surface area contributed by atoms with E-state index in [2.05, 4.69) is 10.3 Å².